The Balaban J connectivity index is 2.90. The smallest absolute Gasteiger partial charge is 0.298 e. The average Bonchev–Trinajstić information content (AvgIpc) is 2.04. The third kappa shape index (κ3) is 1.63. The normalized spacial score (nSPS) is 21.8. The molecule has 0 heterocycles. The van der Waals surface area contributed by atoms with Gasteiger partial charge in [-0.2, -0.15) is 4.79 Å². The highest BCUT2D eigenvalue weighted by atomic mass is 15.1. The quantitative estimate of drug-likeness (QED) is 0.424. The SMILES string of the molecule is CC1C=C(N(C)C)C=CC1=[N+]=[N-]. The van der Waals surface area contributed by atoms with Crippen molar-refractivity contribution in [1.29, 1.82) is 0 Å². The fraction of sp³-hybridized carbons (Fsp3) is 0.444. The van der Waals surface area contributed by atoms with E-state index < -0.39 is 0 Å². The van der Waals surface area contributed by atoms with Crippen molar-refractivity contribution in [3.8, 4) is 0 Å². The summed E-state index contributed by atoms with van der Waals surface area (Å²) in [6, 6.07) is 0. The van der Waals surface area contributed by atoms with Crippen LogP contribution < -0.4 is 0 Å². The molecule has 0 fully saturated rings. The molecule has 12 heavy (non-hydrogen) atoms. The Hall–Kier alpha value is -1.34. The molecule has 0 bridgehead atoms. The van der Waals surface area contributed by atoms with Crippen LogP contribution in [0.5, 0.6) is 0 Å². The second kappa shape index (κ2) is 3.37. The van der Waals surface area contributed by atoms with Crippen molar-refractivity contribution in [3.05, 3.63) is 29.5 Å². The van der Waals surface area contributed by atoms with Gasteiger partial charge in [0.05, 0.1) is 5.92 Å². The Labute approximate surface area is 72.6 Å². The zero-order chi connectivity index (χ0) is 9.14. The van der Waals surface area contributed by atoms with E-state index in [9.17, 15) is 0 Å². The Bertz CT molecular complexity index is 280. The van der Waals surface area contributed by atoms with E-state index in [1.54, 1.807) is 0 Å². The first-order chi connectivity index (χ1) is 5.65. The maximum atomic E-state index is 8.58. The third-order valence-electron chi connectivity index (χ3n) is 1.94. The molecule has 64 valence electrons. The third-order valence-corrected chi connectivity index (χ3v) is 1.94. The first kappa shape index (κ1) is 8.75. The van der Waals surface area contributed by atoms with Gasteiger partial charge in [0.2, 0.25) is 0 Å². The van der Waals surface area contributed by atoms with Gasteiger partial charge in [-0.05, 0) is 19.1 Å². The molecule has 0 saturated carbocycles. The van der Waals surface area contributed by atoms with E-state index in [0.717, 1.165) is 5.70 Å². The van der Waals surface area contributed by atoms with E-state index in [1.165, 1.54) is 0 Å². The second-order valence-electron chi connectivity index (χ2n) is 3.13. The van der Waals surface area contributed by atoms with Gasteiger partial charge in [-0.3, -0.25) is 0 Å². The summed E-state index contributed by atoms with van der Waals surface area (Å²) in [5.74, 6) is 0.192. The minimum atomic E-state index is 0.192. The highest BCUT2D eigenvalue weighted by Gasteiger charge is 2.17. The van der Waals surface area contributed by atoms with Crippen LogP contribution in [0.1, 0.15) is 6.92 Å². The predicted octanol–water partition coefficient (Wildman–Crippen LogP) is 1.31. The van der Waals surface area contributed by atoms with Gasteiger partial charge in [-0.15, -0.1) is 0 Å². The predicted molar refractivity (Wildman–Crippen MR) is 48.7 cm³/mol. The number of hydrogen-bond acceptors (Lipinski definition) is 1. The Kier molecular flexibility index (Phi) is 2.46. The van der Waals surface area contributed by atoms with Crippen molar-refractivity contribution < 1.29 is 4.79 Å². The molecule has 0 amide bonds. The fourth-order valence-corrected chi connectivity index (χ4v) is 1.14. The summed E-state index contributed by atoms with van der Waals surface area (Å²) >= 11 is 0. The largest absolute Gasteiger partial charge is 0.378 e. The minimum Gasteiger partial charge on any atom is -0.378 e. The topological polar surface area (TPSA) is 39.6 Å². The molecule has 0 N–H and O–H groups in total. The summed E-state index contributed by atoms with van der Waals surface area (Å²) < 4.78 is 0. The molecule has 0 aromatic carbocycles. The summed E-state index contributed by atoms with van der Waals surface area (Å²) in [7, 11) is 3.98. The zero-order valence-electron chi connectivity index (χ0n) is 7.65. The van der Waals surface area contributed by atoms with E-state index >= 15 is 0 Å². The van der Waals surface area contributed by atoms with Gasteiger partial charge in [-0.1, -0.05) is 0 Å². The molecule has 0 aromatic rings. The van der Waals surface area contributed by atoms with Gasteiger partial charge in [-0.25, -0.2) is 0 Å². The maximum Gasteiger partial charge on any atom is 0.298 e. The van der Waals surface area contributed by atoms with E-state index in [0.29, 0.717) is 5.71 Å². The van der Waals surface area contributed by atoms with E-state index in [1.807, 2.05) is 38.1 Å². The number of allylic oxidation sites excluding steroid dienone is 3. The lowest BCUT2D eigenvalue weighted by atomic mass is 9.99. The van der Waals surface area contributed by atoms with Gasteiger partial charge < -0.3 is 10.4 Å². The van der Waals surface area contributed by atoms with Crippen LogP contribution in [0, 0.1) is 5.92 Å². The fourth-order valence-electron chi connectivity index (χ4n) is 1.14. The van der Waals surface area contributed by atoms with Gasteiger partial charge in [0.1, 0.15) is 0 Å². The van der Waals surface area contributed by atoms with Crippen molar-refractivity contribution >= 4 is 5.71 Å². The van der Waals surface area contributed by atoms with E-state index in [2.05, 4.69) is 10.9 Å². The monoisotopic (exact) mass is 163 g/mol. The standard InChI is InChI=1S/C9H13N3/c1-7-6-8(12(2)3)4-5-9(7)11-10/h4-7H,1-3H3. The van der Waals surface area contributed by atoms with Crippen LogP contribution >= 0.6 is 0 Å². The zero-order valence-corrected chi connectivity index (χ0v) is 7.65. The molecular formula is C9H13N3. The molecule has 3 nitrogen and oxygen atoms in total. The van der Waals surface area contributed by atoms with Gasteiger partial charge in [0.15, 0.2) is 0 Å². The van der Waals surface area contributed by atoms with E-state index in [-0.39, 0.29) is 5.92 Å². The lowest BCUT2D eigenvalue weighted by molar-refractivity contribution is -0.00869. The first-order valence-corrected chi connectivity index (χ1v) is 3.94. The van der Waals surface area contributed by atoms with Crippen molar-refractivity contribution in [2.24, 2.45) is 5.92 Å². The number of likely N-dealkylation sites (N-methyl/N-ethyl adjacent to an activating group) is 1. The van der Waals surface area contributed by atoms with Crippen LogP contribution in [0.25, 0.3) is 5.53 Å². The van der Waals surface area contributed by atoms with Crippen molar-refractivity contribution in [3.63, 3.8) is 0 Å². The van der Waals surface area contributed by atoms with Gasteiger partial charge in [0.25, 0.3) is 5.71 Å². The Morgan fingerprint density at radius 2 is 2.08 bits per heavy atom. The molecule has 0 saturated heterocycles. The number of nitrogens with zero attached hydrogens (tertiary/aromatic N) is 3. The molecule has 1 atom stereocenters. The molecule has 0 aromatic heterocycles. The minimum absolute atomic E-state index is 0.192. The summed E-state index contributed by atoms with van der Waals surface area (Å²) in [5, 5.41) is 0. The summed E-state index contributed by atoms with van der Waals surface area (Å²) in [4.78, 5) is 5.22. The van der Waals surface area contributed by atoms with Crippen LogP contribution in [0.4, 0.5) is 0 Å². The van der Waals surface area contributed by atoms with Crippen LogP contribution in [-0.2, 0) is 0 Å². The molecular weight excluding hydrogens is 150 g/mol. The number of hydrogen-bond donors (Lipinski definition) is 0. The van der Waals surface area contributed by atoms with Gasteiger partial charge in [0, 0.05) is 25.9 Å². The summed E-state index contributed by atoms with van der Waals surface area (Å²) in [5.41, 5.74) is 10.4. The molecule has 1 aliphatic carbocycles. The number of rotatable bonds is 1. The average molecular weight is 163 g/mol. The molecule has 0 radical (unpaired) electrons. The highest BCUT2D eigenvalue weighted by Crippen LogP contribution is 2.14. The molecule has 1 aliphatic rings. The van der Waals surface area contributed by atoms with Crippen LogP contribution in [0.15, 0.2) is 23.9 Å². The summed E-state index contributed by atoms with van der Waals surface area (Å²) in [6.45, 7) is 2.00. The van der Waals surface area contributed by atoms with Crippen molar-refractivity contribution in [2.45, 2.75) is 6.92 Å². The second-order valence-corrected chi connectivity index (χ2v) is 3.13. The first-order valence-electron chi connectivity index (χ1n) is 3.94. The Morgan fingerprint density at radius 1 is 1.42 bits per heavy atom. The van der Waals surface area contributed by atoms with Crippen molar-refractivity contribution in [1.82, 2.24) is 4.90 Å². The van der Waals surface area contributed by atoms with Crippen LogP contribution in [-0.4, -0.2) is 29.5 Å². The summed E-state index contributed by atoms with van der Waals surface area (Å²) in [6.07, 6.45) is 5.84. The van der Waals surface area contributed by atoms with Crippen molar-refractivity contribution in [2.75, 3.05) is 14.1 Å². The lowest BCUT2D eigenvalue weighted by Crippen LogP contribution is -2.17. The highest BCUT2D eigenvalue weighted by molar-refractivity contribution is 5.94. The molecule has 0 spiro atoms. The molecule has 3 heteroatoms. The Morgan fingerprint density at radius 3 is 2.50 bits per heavy atom. The molecule has 1 unspecified atom stereocenters. The lowest BCUT2D eigenvalue weighted by Gasteiger charge is -2.17. The van der Waals surface area contributed by atoms with Crippen LogP contribution in [0.2, 0.25) is 0 Å². The molecule has 0 aliphatic heterocycles. The van der Waals surface area contributed by atoms with E-state index in [4.69, 9.17) is 5.53 Å². The van der Waals surface area contributed by atoms with Gasteiger partial charge >= 0.3 is 0 Å². The van der Waals surface area contributed by atoms with Crippen LogP contribution in [0.3, 0.4) is 0 Å². The molecule has 1 rings (SSSR count). The maximum absolute atomic E-state index is 8.58.